The van der Waals surface area contributed by atoms with Gasteiger partial charge in [-0.3, -0.25) is 4.57 Å². The second-order valence-corrected chi connectivity index (χ2v) is 12.2. The lowest BCUT2D eigenvalue weighted by molar-refractivity contribution is -0.116. The predicted octanol–water partition coefficient (Wildman–Crippen LogP) is -0.686. The number of aromatic amines is 1. The second kappa shape index (κ2) is 12.5. The summed E-state index contributed by atoms with van der Waals surface area (Å²) in [4.78, 5) is 28.5. The van der Waals surface area contributed by atoms with Crippen LogP contribution in [0.5, 0.6) is 0 Å². The van der Waals surface area contributed by atoms with Gasteiger partial charge in [0, 0.05) is 13.0 Å². The van der Waals surface area contributed by atoms with Crippen LogP contribution in [0.3, 0.4) is 0 Å². The predicted molar refractivity (Wildman–Crippen MR) is 138 cm³/mol. The van der Waals surface area contributed by atoms with E-state index in [2.05, 4.69) is 41.0 Å². The minimum absolute atomic E-state index is 0.0563. The zero-order valence-electron chi connectivity index (χ0n) is 21.7. The number of halogens is 1. The molecule has 1 saturated carbocycles. The molecule has 3 aromatic rings. The number of ether oxygens (including phenoxy) is 3. The topological polar surface area (TPSA) is 256 Å². The van der Waals surface area contributed by atoms with Crippen LogP contribution in [-0.2, 0) is 25.4 Å². The third kappa shape index (κ3) is 6.36. The van der Waals surface area contributed by atoms with Crippen molar-refractivity contribution in [3.63, 3.8) is 0 Å². The van der Waals surface area contributed by atoms with Crippen molar-refractivity contribution in [1.82, 2.24) is 40.4 Å². The van der Waals surface area contributed by atoms with Crippen LogP contribution in [0, 0.1) is 5.92 Å². The highest BCUT2D eigenvalue weighted by Crippen LogP contribution is 2.53. The van der Waals surface area contributed by atoms with Gasteiger partial charge in [0.2, 0.25) is 5.28 Å². The van der Waals surface area contributed by atoms with E-state index in [0.717, 1.165) is 12.8 Å². The highest BCUT2D eigenvalue weighted by molar-refractivity contribution is 7.53. The van der Waals surface area contributed by atoms with E-state index in [1.54, 1.807) is 0 Å². The van der Waals surface area contributed by atoms with Gasteiger partial charge in [-0.2, -0.15) is 20.3 Å². The van der Waals surface area contributed by atoms with Crippen molar-refractivity contribution < 1.29 is 43.9 Å². The number of aliphatic hydroxyl groups is 3. The van der Waals surface area contributed by atoms with E-state index in [4.69, 9.17) is 25.8 Å². The Morgan fingerprint density at radius 1 is 1.27 bits per heavy atom. The summed E-state index contributed by atoms with van der Waals surface area (Å²) in [6.45, 7) is -1.28. The maximum atomic E-state index is 12.4. The molecule has 20 heteroatoms. The fourth-order valence-corrected chi connectivity index (χ4v) is 5.60. The fraction of sp³-hybridized carbons (Fsp3) is 0.714. The molecule has 0 radical (unpaired) electrons. The summed E-state index contributed by atoms with van der Waals surface area (Å²) in [7, 11) is -5.08. The minimum atomic E-state index is -5.08. The number of tetrazole rings is 1. The molecule has 41 heavy (non-hydrogen) atoms. The normalized spacial score (nSPS) is 24.9. The number of hydrogen-bond acceptors (Lipinski definition) is 14. The number of anilines is 1. The van der Waals surface area contributed by atoms with Crippen molar-refractivity contribution in [3.8, 4) is 0 Å². The molecule has 0 amide bonds. The molecule has 18 nitrogen and oxygen atoms in total. The van der Waals surface area contributed by atoms with Gasteiger partial charge in [-0.05, 0) is 30.4 Å². The van der Waals surface area contributed by atoms with E-state index in [1.807, 2.05) is 0 Å². The standard InChI is InChI=1S/C21H31ClN9O9P/c22-20-25-17(23-6-11-2-1-3-11)12-7-24-31(18(12)26-20)19-16(34)15(33)13(40-19)8-39-21(10-32,41(35,36)37)4-5-38-9-14-27-29-30-28-14/h7,11,13,15-16,19,32-34H,1-6,8-10H2,(H,23,25,26)(H2,35,36,37)(H,27,28,29,30)/t13-,15-,16-,19-,21?/m1/s1. The summed E-state index contributed by atoms with van der Waals surface area (Å²) in [5.74, 6) is 1.24. The van der Waals surface area contributed by atoms with E-state index in [9.17, 15) is 29.7 Å². The molecule has 4 heterocycles. The molecule has 0 aromatic carbocycles. The number of nitrogens with one attached hydrogen (secondary N) is 2. The van der Waals surface area contributed by atoms with Gasteiger partial charge >= 0.3 is 7.60 Å². The molecule has 0 bridgehead atoms. The molecule has 5 atom stereocenters. The van der Waals surface area contributed by atoms with Crippen molar-refractivity contribution in [3.05, 3.63) is 17.3 Å². The average Bonchev–Trinajstić information content (AvgIpc) is 3.63. The molecule has 7 N–H and O–H groups in total. The first-order valence-corrected chi connectivity index (χ1v) is 14.9. The van der Waals surface area contributed by atoms with Gasteiger partial charge in [-0.15, -0.1) is 10.2 Å². The average molecular weight is 620 g/mol. The first-order chi connectivity index (χ1) is 19.6. The number of hydrogen-bond donors (Lipinski definition) is 7. The Morgan fingerprint density at radius 3 is 2.73 bits per heavy atom. The number of rotatable bonds is 14. The first kappa shape index (κ1) is 30.1. The van der Waals surface area contributed by atoms with Crippen molar-refractivity contribution in [1.29, 1.82) is 0 Å². The van der Waals surface area contributed by atoms with Gasteiger partial charge in [-0.25, -0.2) is 4.68 Å². The third-order valence-electron chi connectivity index (χ3n) is 7.34. The molecular formula is C21H31ClN9O9P. The van der Waals surface area contributed by atoms with E-state index < -0.39 is 57.1 Å². The molecule has 5 rings (SSSR count). The number of aliphatic hydroxyl groups excluding tert-OH is 3. The molecule has 1 aliphatic heterocycles. The summed E-state index contributed by atoms with van der Waals surface area (Å²) in [5.41, 5.74) is 0.248. The van der Waals surface area contributed by atoms with Crippen LogP contribution in [0.2, 0.25) is 5.28 Å². The molecule has 0 spiro atoms. The van der Waals surface area contributed by atoms with Gasteiger partial charge in [-0.1, -0.05) is 11.6 Å². The Bertz CT molecular complexity index is 1360. The van der Waals surface area contributed by atoms with Crippen LogP contribution < -0.4 is 5.32 Å². The summed E-state index contributed by atoms with van der Waals surface area (Å²) in [6.07, 6.45) is -1.01. The van der Waals surface area contributed by atoms with E-state index in [1.165, 1.54) is 17.3 Å². The number of H-pyrrole nitrogens is 1. The summed E-state index contributed by atoms with van der Waals surface area (Å²) in [5, 5.41) is 50.1. The Kier molecular flexibility index (Phi) is 9.15. The van der Waals surface area contributed by atoms with Crippen molar-refractivity contribution in [2.75, 3.05) is 31.7 Å². The summed E-state index contributed by atoms with van der Waals surface area (Å²) >= 11 is 6.16. The highest BCUT2D eigenvalue weighted by Gasteiger charge is 2.51. The Balaban J connectivity index is 1.27. The van der Waals surface area contributed by atoms with Gasteiger partial charge in [0.1, 0.15) is 30.7 Å². The molecule has 2 aliphatic rings. The molecule has 226 valence electrons. The molecule has 1 unspecified atom stereocenters. The molecule has 2 fully saturated rings. The quantitative estimate of drug-likeness (QED) is 0.0669. The first-order valence-electron chi connectivity index (χ1n) is 12.9. The largest absolute Gasteiger partial charge is 0.393 e. The van der Waals surface area contributed by atoms with E-state index in [-0.39, 0.29) is 30.0 Å². The second-order valence-electron chi connectivity index (χ2n) is 9.98. The fourth-order valence-electron chi connectivity index (χ4n) is 4.62. The van der Waals surface area contributed by atoms with Crippen LogP contribution in [0.15, 0.2) is 6.20 Å². The SMILES string of the molecule is O=P(O)(O)C(CO)(CCOCc1nn[nH]n1)OC[C@H]1O[C@@H](n2ncc3c(NCC4CCC4)nc(Cl)nc32)[C@H](O)[C@@H]1O. The van der Waals surface area contributed by atoms with Crippen molar-refractivity contribution >= 4 is 36.0 Å². The Labute approximate surface area is 237 Å². The Morgan fingerprint density at radius 2 is 2.07 bits per heavy atom. The van der Waals surface area contributed by atoms with Gasteiger partial charge in [0.25, 0.3) is 0 Å². The smallest absolute Gasteiger partial charge is 0.359 e. The van der Waals surface area contributed by atoms with Crippen LogP contribution in [0.1, 0.15) is 37.7 Å². The molecule has 1 saturated heterocycles. The summed E-state index contributed by atoms with van der Waals surface area (Å²) < 4.78 is 30.3. The van der Waals surface area contributed by atoms with Crippen LogP contribution >= 0.6 is 19.2 Å². The number of nitrogens with zero attached hydrogens (tertiary/aromatic N) is 7. The van der Waals surface area contributed by atoms with Crippen LogP contribution in [0.25, 0.3) is 11.0 Å². The zero-order chi connectivity index (χ0) is 29.2. The van der Waals surface area contributed by atoms with Crippen molar-refractivity contribution in [2.24, 2.45) is 5.92 Å². The minimum Gasteiger partial charge on any atom is -0.393 e. The van der Waals surface area contributed by atoms with Crippen LogP contribution in [0.4, 0.5) is 5.82 Å². The van der Waals surface area contributed by atoms with Gasteiger partial charge < -0.3 is 44.6 Å². The third-order valence-corrected chi connectivity index (χ3v) is 9.06. The van der Waals surface area contributed by atoms with Crippen LogP contribution in [-0.4, -0.2) is 115 Å². The maximum Gasteiger partial charge on any atom is 0.359 e. The van der Waals surface area contributed by atoms with Gasteiger partial charge in [0.05, 0.1) is 31.4 Å². The lowest BCUT2D eigenvalue weighted by Crippen LogP contribution is -2.42. The summed E-state index contributed by atoms with van der Waals surface area (Å²) in [6, 6.07) is 0. The van der Waals surface area contributed by atoms with Crippen molar-refractivity contribution in [2.45, 2.75) is 62.2 Å². The van der Waals surface area contributed by atoms with Gasteiger partial charge in [0.15, 0.2) is 23.0 Å². The molecular weight excluding hydrogens is 589 g/mol. The highest BCUT2D eigenvalue weighted by atomic mass is 35.5. The Hall–Kier alpha value is -2.38. The lowest BCUT2D eigenvalue weighted by atomic mass is 9.85. The number of fused-ring (bicyclic) bond motifs is 1. The number of aromatic nitrogens is 8. The van der Waals surface area contributed by atoms with E-state index in [0.29, 0.717) is 23.7 Å². The molecule has 3 aromatic heterocycles. The monoisotopic (exact) mass is 619 g/mol. The lowest BCUT2D eigenvalue weighted by Gasteiger charge is -2.33. The van der Waals surface area contributed by atoms with E-state index >= 15 is 0 Å². The molecule has 1 aliphatic carbocycles. The zero-order valence-corrected chi connectivity index (χ0v) is 23.3. The maximum absolute atomic E-state index is 12.4.